The molecule has 0 radical (unpaired) electrons. The van der Waals surface area contributed by atoms with Gasteiger partial charge in [-0.1, -0.05) is 109 Å². The highest BCUT2D eigenvalue weighted by atomic mass is 16.5. The van der Waals surface area contributed by atoms with Crippen LogP contribution in [0, 0.1) is 0 Å². The lowest BCUT2D eigenvalue weighted by Gasteiger charge is -2.35. The summed E-state index contributed by atoms with van der Waals surface area (Å²) in [6, 6.07) is 37.6. The van der Waals surface area contributed by atoms with Gasteiger partial charge in [0, 0.05) is 6.61 Å². The van der Waals surface area contributed by atoms with Gasteiger partial charge < -0.3 is 9.47 Å². The predicted octanol–water partition coefficient (Wildman–Crippen LogP) is 7.19. The minimum absolute atomic E-state index is 0.600. The van der Waals surface area contributed by atoms with Gasteiger partial charge in [-0.25, -0.2) is 0 Å². The lowest BCUT2D eigenvalue weighted by atomic mass is 9.80. The second-order valence-electron chi connectivity index (χ2n) is 7.57. The van der Waals surface area contributed by atoms with Gasteiger partial charge >= 0.3 is 0 Å². The number of ether oxygens (including phenoxy) is 2. The molecule has 0 saturated carbocycles. The monoisotopic (exact) mass is 420 g/mol. The van der Waals surface area contributed by atoms with Crippen molar-refractivity contribution in [3.8, 4) is 5.75 Å². The standard InChI is InChI=1S/C30H28O2/c1-3-32-30(26-10-6-4-7-11-26,27-12-8-5-9-13-27)28-20-16-24(17-21-28)14-15-25-18-22-29(31-2)23-19-25/h4-23H,3H2,1-2H3/b15-14+. The molecule has 2 heteroatoms. The Hall–Kier alpha value is -3.62. The fourth-order valence-electron chi connectivity index (χ4n) is 4.05. The van der Waals surface area contributed by atoms with Crippen molar-refractivity contribution in [2.45, 2.75) is 12.5 Å². The van der Waals surface area contributed by atoms with Crippen LogP contribution in [0.15, 0.2) is 109 Å². The van der Waals surface area contributed by atoms with E-state index in [1.54, 1.807) is 7.11 Å². The number of hydrogen-bond acceptors (Lipinski definition) is 2. The average Bonchev–Trinajstić information content (AvgIpc) is 2.88. The molecule has 0 unspecified atom stereocenters. The maximum atomic E-state index is 6.55. The van der Waals surface area contributed by atoms with Crippen LogP contribution in [0.25, 0.3) is 12.2 Å². The largest absolute Gasteiger partial charge is 0.497 e. The van der Waals surface area contributed by atoms with Crippen molar-refractivity contribution in [1.82, 2.24) is 0 Å². The summed E-state index contributed by atoms with van der Waals surface area (Å²) in [5.41, 5.74) is 4.96. The topological polar surface area (TPSA) is 18.5 Å². The zero-order chi connectivity index (χ0) is 22.2. The summed E-state index contributed by atoms with van der Waals surface area (Å²) in [5, 5.41) is 0. The molecule has 0 aliphatic rings. The molecule has 0 amide bonds. The maximum absolute atomic E-state index is 6.55. The molecule has 0 aromatic heterocycles. The predicted molar refractivity (Wildman–Crippen MR) is 133 cm³/mol. The minimum Gasteiger partial charge on any atom is -0.497 e. The Bertz CT molecular complexity index is 1090. The van der Waals surface area contributed by atoms with Gasteiger partial charge in [0.1, 0.15) is 11.4 Å². The fraction of sp³-hybridized carbons (Fsp3) is 0.133. The first kappa shape index (κ1) is 21.6. The second-order valence-corrected chi connectivity index (χ2v) is 7.57. The van der Waals surface area contributed by atoms with Gasteiger partial charge in [-0.15, -0.1) is 0 Å². The SMILES string of the molecule is CCOC(c1ccccc1)(c1ccccc1)c1ccc(/C=C/c2ccc(OC)cc2)cc1. The van der Waals surface area contributed by atoms with Gasteiger partial charge in [-0.2, -0.15) is 0 Å². The van der Waals surface area contributed by atoms with E-state index < -0.39 is 5.60 Å². The zero-order valence-electron chi connectivity index (χ0n) is 18.6. The zero-order valence-corrected chi connectivity index (χ0v) is 18.6. The molecule has 32 heavy (non-hydrogen) atoms. The van der Waals surface area contributed by atoms with E-state index in [0.29, 0.717) is 6.61 Å². The Kier molecular flexibility index (Phi) is 6.84. The Labute approximate surface area is 190 Å². The Morgan fingerprint density at radius 3 is 1.47 bits per heavy atom. The highest BCUT2D eigenvalue weighted by Gasteiger charge is 2.36. The van der Waals surface area contributed by atoms with Crippen molar-refractivity contribution >= 4 is 12.2 Å². The number of benzene rings is 4. The summed E-state index contributed by atoms with van der Waals surface area (Å²) in [5.74, 6) is 0.862. The normalized spacial score (nSPS) is 11.6. The molecule has 160 valence electrons. The molecule has 0 bridgehead atoms. The summed E-state index contributed by atoms with van der Waals surface area (Å²) in [6.07, 6.45) is 4.23. The van der Waals surface area contributed by atoms with Crippen LogP contribution >= 0.6 is 0 Å². The van der Waals surface area contributed by atoms with Gasteiger partial charge in [-0.05, 0) is 46.9 Å². The van der Waals surface area contributed by atoms with E-state index in [1.807, 2.05) is 31.2 Å². The molecule has 0 saturated heterocycles. The summed E-state index contributed by atoms with van der Waals surface area (Å²) in [6.45, 7) is 2.65. The molecule has 2 nitrogen and oxygen atoms in total. The number of methoxy groups -OCH3 is 1. The first-order chi connectivity index (χ1) is 15.8. The number of rotatable bonds is 8. The second kappa shape index (κ2) is 10.1. The van der Waals surface area contributed by atoms with E-state index >= 15 is 0 Å². The van der Waals surface area contributed by atoms with Crippen molar-refractivity contribution in [2.75, 3.05) is 13.7 Å². The Morgan fingerprint density at radius 1 is 0.594 bits per heavy atom. The lowest BCUT2D eigenvalue weighted by Crippen LogP contribution is -2.32. The number of hydrogen-bond donors (Lipinski definition) is 0. The van der Waals surface area contributed by atoms with E-state index in [0.717, 1.165) is 33.6 Å². The Balaban J connectivity index is 1.71. The van der Waals surface area contributed by atoms with Crippen molar-refractivity contribution in [2.24, 2.45) is 0 Å². The molecule has 0 atom stereocenters. The molecule has 4 rings (SSSR count). The first-order valence-corrected chi connectivity index (χ1v) is 10.9. The van der Waals surface area contributed by atoms with Gasteiger partial charge in [0.05, 0.1) is 7.11 Å². The molecule has 0 fully saturated rings. The van der Waals surface area contributed by atoms with E-state index in [1.165, 1.54) is 0 Å². The summed E-state index contributed by atoms with van der Waals surface area (Å²) in [7, 11) is 1.68. The molecule has 0 heterocycles. The first-order valence-electron chi connectivity index (χ1n) is 10.9. The third-order valence-electron chi connectivity index (χ3n) is 5.62. The van der Waals surface area contributed by atoms with Crippen LogP contribution in [0.3, 0.4) is 0 Å². The van der Waals surface area contributed by atoms with Gasteiger partial charge in [0.25, 0.3) is 0 Å². The lowest BCUT2D eigenvalue weighted by molar-refractivity contribution is 0.0216. The highest BCUT2D eigenvalue weighted by molar-refractivity contribution is 5.70. The van der Waals surface area contributed by atoms with Crippen molar-refractivity contribution < 1.29 is 9.47 Å². The van der Waals surface area contributed by atoms with Crippen LogP contribution in [-0.2, 0) is 10.3 Å². The summed E-state index contributed by atoms with van der Waals surface area (Å²) in [4.78, 5) is 0. The maximum Gasteiger partial charge on any atom is 0.143 e. The van der Waals surface area contributed by atoms with Crippen LogP contribution < -0.4 is 4.74 Å². The molecule has 4 aromatic rings. The van der Waals surface area contributed by atoms with Gasteiger partial charge in [0.2, 0.25) is 0 Å². The summed E-state index contributed by atoms with van der Waals surface area (Å²) >= 11 is 0. The van der Waals surface area contributed by atoms with Crippen molar-refractivity contribution in [3.63, 3.8) is 0 Å². The molecular weight excluding hydrogens is 392 g/mol. The molecule has 0 aliphatic carbocycles. The molecule has 4 aromatic carbocycles. The van der Waals surface area contributed by atoms with Crippen molar-refractivity contribution in [1.29, 1.82) is 0 Å². The third kappa shape index (κ3) is 4.51. The quantitative estimate of drug-likeness (QED) is 0.222. The van der Waals surface area contributed by atoms with E-state index in [9.17, 15) is 0 Å². The van der Waals surface area contributed by atoms with Crippen molar-refractivity contribution in [3.05, 3.63) is 137 Å². The molecule has 0 N–H and O–H groups in total. The fourth-order valence-corrected chi connectivity index (χ4v) is 4.05. The average molecular weight is 421 g/mol. The van der Waals surface area contributed by atoms with Crippen LogP contribution in [0.2, 0.25) is 0 Å². The van der Waals surface area contributed by atoms with Crippen LogP contribution in [-0.4, -0.2) is 13.7 Å². The van der Waals surface area contributed by atoms with Crippen LogP contribution in [0.5, 0.6) is 5.75 Å². The van der Waals surface area contributed by atoms with Gasteiger partial charge in [-0.3, -0.25) is 0 Å². The Morgan fingerprint density at radius 2 is 1.03 bits per heavy atom. The minimum atomic E-state index is -0.657. The highest BCUT2D eigenvalue weighted by Crippen LogP contribution is 2.40. The molecular formula is C30H28O2. The summed E-state index contributed by atoms with van der Waals surface area (Å²) < 4.78 is 11.8. The van der Waals surface area contributed by atoms with Crippen LogP contribution in [0.1, 0.15) is 34.7 Å². The third-order valence-corrected chi connectivity index (χ3v) is 5.62. The van der Waals surface area contributed by atoms with E-state index in [2.05, 4.69) is 97.1 Å². The smallest absolute Gasteiger partial charge is 0.143 e. The van der Waals surface area contributed by atoms with E-state index in [4.69, 9.17) is 9.47 Å². The van der Waals surface area contributed by atoms with Gasteiger partial charge in [0.15, 0.2) is 0 Å². The van der Waals surface area contributed by atoms with E-state index in [-0.39, 0.29) is 0 Å². The molecule has 0 spiro atoms. The molecule has 0 aliphatic heterocycles. The van der Waals surface area contributed by atoms with Crippen LogP contribution in [0.4, 0.5) is 0 Å².